The van der Waals surface area contributed by atoms with E-state index < -0.39 is 0 Å². The van der Waals surface area contributed by atoms with E-state index in [1.165, 1.54) is 6.42 Å². The lowest BCUT2D eigenvalue weighted by Gasteiger charge is -2.21. The van der Waals surface area contributed by atoms with Gasteiger partial charge in [-0.05, 0) is 54.2 Å². The number of hydrogen-bond acceptors (Lipinski definition) is 4. The van der Waals surface area contributed by atoms with E-state index in [4.69, 9.17) is 4.74 Å². The lowest BCUT2D eigenvalue weighted by atomic mass is 10.2. The Morgan fingerprint density at radius 3 is 3.00 bits per heavy atom. The highest BCUT2D eigenvalue weighted by Crippen LogP contribution is 2.23. The normalized spacial score (nSPS) is 19.6. The Balaban J connectivity index is 1.85. The highest BCUT2D eigenvalue weighted by molar-refractivity contribution is 9.10. The quantitative estimate of drug-likeness (QED) is 0.852. The second kappa shape index (κ2) is 5.38. The molecule has 5 nitrogen and oxygen atoms in total. The fourth-order valence-electron chi connectivity index (χ4n) is 2.13. The molecule has 0 bridgehead atoms. The van der Waals surface area contributed by atoms with Gasteiger partial charge in [-0.25, -0.2) is 14.6 Å². The Hall–Kier alpha value is -1.27. The van der Waals surface area contributed by atoms with Crippen LogP contribution >= 0.6 is 15.9 Å². The monoisotopic (exact) mass is 322 g/mol. The molecule has 0 unspecified atom stereocenters. The molecule has 1 atom stereocenters. The molecule has 0 spiro atoms. The molecule has 19 heavy (non-hydrogen) atoms. The van der Waals surface area contributed by atoms with Gasteiger partial charge in [0.05, 0.1) is 5.69 Å². The smallest absolute Gasteiger partial charge is 0.199 e. The molecule has 0 N–H and O–H groups in total. The van der Waals surface area contributed by atoms with Crippen LogP contribution in [-0.4, -0.2) is 26.4 Å². The van der Waals surface area contributed by atoms with E-state index in [1.54, 1.807) is 11.0 Å². The van der Waals surface area contributed by atoms with E-state index in [-0.39, 0.29) is 6.23 Å². The molecule has 6 heteroatoms. The maximum atomic E-state index is 5.69. The number of halogens is 1. The van der Waals surface area contributed by atoms with E-state index in [9.17, 15) is 0 Å². The summed E-state index contributed by atoms with van der Waals surface area (Å²) >= 11 is 3.44. The minimum absolute atomic E-state index is 0.0199. The van der Waals surface area contributed by atoms with Gasteiger partial charge in [0, 0.05) is 11.1 Å². The van der Waals surface area contributed by atoms with Crippen LogP contribution in [0, 0.1) is 6.92 Å². The first kappa shape index (κ1) is 12.7. The first-order valence-electron chi connectivity index (χ1n) is 6.40. The van der Waals surface area contributed by atoms with Crippen molar-refractivity contribution >= 4 is 15.9 Å². The molecule has 1 aliphatic rings. The van der Waals surface area contributed by atoms with Crippen LogP contribution in [0.5, 0.6) is 0 Å². The van der Waals surface area contributed by atoms with Crippen LogP contribution in [0.4, 0.5) is 0 Å². The van der Waals surface area contributed by atoms with Gasteiger partial charge in [-0.15, -0.1) is 5.10 Å². The van der Waals surface area contributed by atoms with E-state index in [1.807, 2.05) is 19.1 Å². The number of rotatable bonds is 2. The van der Waals surface area contributed by atoms with Gasteiger partial charge in [0.1, 0.15) is 12.0 Å². The molecule has 0 aromatic carbocycles. The second-order valence-electron chi connectivity index (χ2n) is 4.63. The Bertz CT molecular complexity index is 578. The summed E-state index contributed by atoms with van der Waals surface area (Å²) in [5, 5.41) is 4.48. The average Bonchev–Trinajstić information content (AvgIpc) is 2.93. The summed E-state index contributed by atoms with van der Waals surface area (Å²) < 4.78 is 8.48. The van der Waals surface area contributed by atoms with E-state index in [2.05, 4.69) is 31.0 Å². The SMILES string of the molecule is Cc1nc(-c2ncn([C@@H]3CCCCO3)n2)ccc1Br. The summed E-state index contributed by atoms with van der Waals surface area (Å²) in [5.74, 6) is 0.643. The maximum Gasteiger partial charge on any atom is 0.199 e. The molecular formula is C13H15BrN4O. The van der Waals surface area contributed by atoms with Gasteiger partial charge in [0.15, 0.2) is 12.1 Å². The van der Waals surface area contributed by atoms with Crippen molar-refractivity contribution in [2.24, 2.45) is 0 Å². The zero-order valence-electron chi connectivity index (χ0n) is 10.7. The predicted octanol–water partition coefficient (Wildman–Crippen LogP) is 3.11. The molecule has 3 rings (SSSR count). The molecule has 0 saturated carbocycles. The number of ether oxygens (including phenoxy) is 1. The standard InChI is InChI=1S/C13H15BrN4O/c1-9-10(14)5-6-11(16-9)13-15-8-18(17-13)12-4-2-3-7-19-12/h5-6,8,12H,2-4,7H2,1H3/t12-/m0/s1. The summed E-state index contributed by atoms with van der Waals surface area (Å²) in [4.78, 5) is 8.80. The van der Waals surface area contributed by atoms with Crippen molar-refractivity contribution in [3.05, 3.63) is 28.6 Å². The van der Waals surface area contributed by atoms with Crippen LogP contribution in [-0.2, 0) is 4.74 Å². The van der Waals surface area contributed by atoms with Crippen molar-refractivity contribution in [3.8, 4) is 11.5 Å². The summed E-state index contributed by atoms with van der Waals surface area (Å²) in [7, 11) is 0. The fourth-order valence-corrected chi connectivity index (χ4v) is 2.35. The van der Waals surface area contributed by atoms with Crippen LogP contribution in [0.1, 0.15) is 31.2 Å². The Morgan fingerprint density at radius 1 is 1.37 bits per heavy atom. The highest BCUT2D eigenvalue weighted by atomic mass is 79.9. The van der Waals surface area contributed by atoms with Gasteiger partial charge >= 0.3 is 0 Å². The first-order chi connectivity index (χ1) is 9.24. The summed E-state index contributed by atoms with van der Waals surface area (Å²) in [6, 6.07) is 3.88. The van der Waals surface area contributed by atoms with E-state index >= 15 is 0 Å². The van der Waals surface area contributed by atoms with Crippen LogP contribution in [0.15, 0.2) is 22.9 Å². The zero-order valence-corrected chi connectivity index (χ0v) is 12.3. The molecule has 2 aromatic heterocycles. The number of hydrogen-bond donors (Lipinski definition) is 0. The molecule has 0 aliphatic carbocycles. The second-order valence-corrected chi connectivity index (χ2v) is 5.49. The highest BCUT2D eigenvalue weighted by Gasteiger charge is 2.18. The molecule has 2 aromatic rings. The minimum atomic E-state index is 0.0199. The van der Waals surface area contributed by atoms with Gasteiger partial charge in [0.25, 0.3) is 0 Å². The van der Waals surface area contributed by atoms with Gasteiger partial charge in [-0.3, -0.25) is 0 Å². The van der Waals surface area contributed by atoms with Crippen molar-refractivity contribution in [1.29, 1.82) is 0 Å². The maximum absolute atomic E-state index is 5.69. The van der Waals surface area contributed by atoms with Crippen LogP contribution in [0.2, 0.25) is 0 Å². The number of aromatic nitrogens is 4. The molecule has 0 amide bonds. The van der Waals surface area contributed by atoms with E-state index in [0.717, 1.165) is 35.3 Å². The third-order valence-electron chi connectivity index (χ3n) is 3.21. The third-order valence-corrected chi connectivity index (χ3v) is 4.05. The van der Waals surface area contributed by atoms with Gasteiger partial charge in [-0.2, -0.15) is 0 Å². The lowest BCUT2D eigenvalue weighted by Crippen LogP contribution is -2.18. The molecule has 0 radical (unpaired) electrons. The lowest BCUT2D eigenvalue weighted by molar-refractivity contribution is -0.0395. The number of aryl methyl sites for hydroxylation is 1. The Labute approximate surface area is 120 Å². The summed E-state index contributed by atoms with van der Waals surface area (Å²) in [6.45, 7) is 2.75. The van der Waals surface area contributed by atoms with E-state index in [0.29, 0.717) is 5.82 Å². The van der Waals surface area contributed by atoms with Crippen molar-refractivity contribution in [1.82, 2.24) is 19.7 Å². The molecule has 3 heterocycles. The fraction of sp³-hybridized carbons (Fsp3) is 0.462. The largest absolute Gasteiger partial charge is 0.356 e. The van der Waals surface area contributed by atoms with Gasteiger partial charge < -0.3 is 4.74 Å². The molecule has 1 aliphatic heterocycles. The molecule has 1 fully saturated rings. The summed E-state index contributed by atoms with van der Waals surface area (Å²) in [5.41, 5.74) is 1.72. The van der Waals surface area contributed by atoms with Crippen molar-refractivity contribution < 1.29 is 4.74 Å². The first-order valence-corrected chi connectivity index (χ1v) is 7.19. The number of nitrogens with zero attached hydrogens (tertiary/aromatic N) is 4. The van der Waals surface area contributed by atoms with Crippen molar-refractivity contribution in [2.45, 2.75) is 32.4 Å². The summed E-state index contributed by atoms with van der Waals surface area (Å²) in [6.07, 6.45) is 5.05. The topological polar surface area (TPSA) is 52.8 Å². The van der Waals surface area contributed by atoms with Crippen LogP contribution in [0.3, 0.4) is 0 Å². The van der Waals surface area contributed by atoms with Crippen LogP contribution in [0.25, 0.3) is 11.5 Å². The van der Waals surface area contributed by atoms with Gasteiger partial charge in [0.2, 0.25) is 0 Å². The minimum Gasteiger partial charge on any atom is -0.356 e. The predicted molar refractivity (Wildman–Crippen MR) is 74.5 cm³/mol. The van der Waals surface area contributed by atoms with Crippen molar-refractivity contribution in [3.63, 3.8) is 0 Å². The zero-order chi connectivity index (χ0) is 13.2. The molecule has 100 valence electrons. The van der Waals surface area contributed by atoms with Crippen molar-refractivity contribution in [2.75, 3.05) is 6.61 Å². The Kier molecular flexibility index (Phi) is 3.61. The molecular weight excluding hydrogens is 308 g/mol. The Morgan fingerprint density at radius 2 is 2.26 bits per heavy atom. The molecule has 1 saturated heterocycles. The van der Waals surface area contributed by atoms with Crippen LogP contribution < -0.4 is 0 Å². The third kappa shape index (κ3) is 2.69. The number of pyridine rings is 1. The average molecular weight is 323 g/mol. The van der Waals surface area contributed by atoms with Gasteiger partial charge in [-0.1, -0.05) is 0 Å².